The number of halogens is 1. The van der Waals surface area contributed by atoms with E-state index in [1.165, 1.54) is 16.3 Å². The van der Waals surface area contributed by atoms with E-state index in [1.807, 2.05) is 24.3 Å². The lowest BCUT2D eigenvalue weighted by atomic mass is 9.95. The van der Waals surface area contributed by atoms with Gasteiger partial charge in [-0.25, -0.2) is 4.39 Å². The molecule has 0 aromatic heterocycles. The molecule has 3 rings (SSSR count). The van der Waals surface area contributed by atoms with Crippen molar-refractivity contribution < 1.29 is 4.39 Å². The lowest BCUT2D eigenvalue weighted by Crippen LogP contribution is -2.04. The van der Waals surface area contributed by atoms with Gasteiger partial charge in [-0.3, -0.25) is 0 Å². The molecule has 0 bridgehead atoms. The minimum absolute atomic E-state index is 0.155. The van der Waals surface area contributed by atoms with Gasteiger partial charge in [0.2, 0.25) is 0 Å². The first-order valence-corrected chi connectivity index (χ1v) is 10.1. The molecule has 0 spiro atoms. The summed E-state index contributed by atoms with van der Waals surface area (Å²) < 4.78 is 14.8. The molecule has 0 radical (unpaired) electrons. The van der Waals surface area contributed by atoms with Crippen molar-refractivity contribution in [3.8, 4) is 22.3 Å². The number of aryl methyl sites for hydroxylation is 2. The second-order valence-corrected chi connectivity index (χ2v) is 7.81. The van der Waals surface area contributed by atoms with Crippen molar-refractivity contribution in [2.45, 2.75) is 33.1 Å². The van der Waals surface area contributed by atoms with Crippen LogP contribution in [0.15, 0.2) is 60.7 Å². The highest BCUT2D eigenvalue weighted by Crippen LogP contribution is 2.30. The molecule has 128 valence electrons. The Kier molecular flexibility index (Phi) is 5.49. The highest BCUT2D eigenvalue weighted by molar-refractivity contribution is 6.32. The van der Waals surface area contributed by atoms with E-state index >= 15 is 0 Å². The smallest absolute Gasteiger partial charge is 0.131 e. The zero-order chi connectivity index (χ0) is 17.8. The summed E-state index contributed by atoms with van der Waals surface area (Å²) >= 11 is 0. The molecule has 3 aromatic rings. The molecule has 0 N–H and O–H groups in total. The predicted molar refractivity (Wildman–Crippen MR) is 110 cm³/mol. The molecular formula is C23H25FSi. The Morgan fingerprint density at radius 2 is 1.48 bits per heavy atom. The third-order valence-corrected chi connectivity index (χ3v) is 5.35. The third kappa shape index (κ3) is 3.90. The van der Waals surface area contributed by atoms with Crippen LogP contribution >= 0.6 is 0 Å². The van der Waals surface area contributed by atoms with Crippen molar-refractivity contribution >= 4 is 15.4 Å². The zero-order valence-corrected chi connectivity index (χ0v) is 17.3. The van der Waals surface area contributed by atoms with Crippen LogP contribution in [0.4, 0.5) is 4.39 Å². The van der Waals surface area contributed by atoms with Crippen molar-refractivity contribution in [1.82, 2.24) is 0 Å². The van der Waals surface area contributed by atoms with Crippen LogP contribution in [0, 0.1) is 5.82 Å². The first-order valence-electron chi connectivity index (χ1n) is 9.11. The first kappa shape index (κ1) is 17.6. The van der Waals surface area contributed by atoms with Gasteiger partial charge in [-0.2, -0.15) is 0 Å². The molecule has 0 amide bonds. The number of hydrogen-bond acceptors (Lipinski definition) is 0. The topological polar surface area (TPSA) is 0 Å². The van der Waals surface area contributed by atoms with Crippen molar-refractivity contribution in [2.75, 3.05) is 0 Å². The van der Waals surface area contributed by atoms with Crippen molar-refractivity contribution in [2.24, 2.45) is 0 Å². The van der Waals surface area contributed by atoms with Crippen LogP contribution < -0.4 is 5.19 Å². The third-order valence-electron chi connectivity index (χ3n) is 4.73. The average molecular weight is 349 g/mol. The van der Waals surface area contributed by atoms with Crippen molar-refractivity contribution in [3.05, 3.63) is 77.6 Å². The maximum Gasteiger partial charge on any atom is 0.131 e. The van der Waals surface area contributed by atoms with Crippen LogP contribution in [0.5, 0.6) is 0 Å². The maximum atomic E-state index is 14.8. The Hall–Kier alpha value is -2.19. The van der Waals surface area contributed by atoms with Gasteiger partial charge in [0.1, 0.15) is 5.82 Å². The summed E-state index contributed by atoms with van der Waals surface area (Å²) in [4.78, 5) is 0. The lowest BCUT2D eigenvalue weighted by Gasteiger charge is -2.12. The number of rotatable bonds is 5. The second kappa shape index (κ2) is 7.79. The van der Waals surface area contributed by atoms with E-state index in [0.29, 0.717) is 5.56 Å². The first-order chi connectivity index (χ1) is 12.1. The quantitative estimate of drug-likeness (QED) is 0.588. The normalized spacial score (nSPS) is 11.0. The Labute approximate surface area is 153 Å². The number of hydrogen-bond donors (Lipinski definition) is 0. The minimum Gasteiger partial charge on any atom is -0.206 e. The molecule has 2 heteroatoms. The Balaban J connectivity index is 1.96. The highest BCUT2D eigenvalue weighted by Gasteiger charge is 2.10. The fourth-order valence-corrected chi connectivity index (χ4v) is 3.87. The summed E-state index contributed by atoms with van der Waals surface area (Å²) in [6, 6.07) is 20.4. The van der Waals surface area contributed by atoms with Gasteiger partial charge in [0.05, 0.1) is 0 Å². The van der Waals surface area contributed by atoms with Gasteiger partial charge in [0.25, 0.3) is 0 Å². The van der Waals surface area contributed by atoms with E-state index in [0.717, 1.165) is 46.2 Å². The van der Waals surface area contributed by atoms with E-state index < -0.39 is 0 Å². The van der Waals surface area contributed by atoms with Gasteiger partial charge < -0.3 is 0 Å². The monoisotopic (exact) mass is 348 g/mol. The van der Waals surface area contributed by atoms with Crippen LogP contribution in [0.25, 0.3) is 22.3 Å². The van der Waals surface area contributed by atoms with Gasteiger partial charge in [0, 0.05) is 15.8 Å². The van der Waals surface area contributed by atoms with Gasteiger partial charge in [0.15, 0.2) is 0 Å². The van der Waals surface area contributed by atoms with Crippen molar-refractivity contribution in [3.63, 3.8) is 0 Å². The molecule has 0 aliphatic heterocycles. The largest absolute Gasteiger partial charge is 0.206 e. The molecule has 0 unspecified atom stereocenters. The van der Waals surface area contributed by atoms with Gasteiger partial charge in [-0.1, -0.05) is 80.1 Å². The van der Waals surface area contributed by atoms with E-state index in [4.69, 9.17) is 0 Å². The fraction of sp³-hybridized carbons (Fsp3) is 0.217. The summed E-state index contributed by atoms with van der Waals surface area (Å²) in [7, 11) is 1.04. The maximum absolute atomic E-state index is 14.8. The standard InChI is InChI=1S/C23H25FSi/c1-3-5-16-6-8-18(9-7-16)22-12-10-19(15-23(22)24)21-13-11-20(25)14-17(21)4-2/h6-15H,3-5H2,1-2,25H3. The van der Waals surface area contributed by atoms with Crippen LogP contribution in [0.2, 0.25) is 0 Å². The Morgan fingerprint density at radius 3 is 2.12 bits per heavy atom. The number of benzene rings is 3. The SMILES string of the molecule is CCCc1ccc(-c2ccc(-c3ccc([SiH3])cc3CC)cc2F)cc1. The summed E-state index contributed by atoms with van der Waals surface area (Å²) in [5.41, 5.74) is 6.31. The molecule has 0 atom stereocenters. The van der Waals surface area contributed by atoms with Gasteiger partial charge >= 0.3 is 0 Å². The lowest BCUT2D eigenvalue weighted by molar-refractivity contribution is 0.632. The summed E-state index contributed by atoms with van der Waals surface area (Å²) in [5.74, 6) is -0.155. The van der Waals surface area contributed by atoms with E-state index in [-0.39, 0.29) is 5.82 Å². The van der Waals surface area contributed by atoms with Crippen LogP contribution in [0.1, 0.15) is 31.4 Å². The molecule has 25 heavy (non-hydrogen) atoms. The molecule has 0 nitrogen and oxygen atoms in total. The molecule has 3 aromatic carbocycles. The Morgan fingerprint density at radius 1 is 0.800 bits per heavy atom. The van der Waals surface area contributed by atoms with Gasteiger partial charge in [-0.15, -0.1) is 0 Å². The minimum atomic E-state index is -0.155. The summed E-state index contributed by atoms with van der Waals surface area (Å²) in [6.45, 7) is 4.33. The predicted octanol–water partition coefficient (Wildman–Crippen LogP) is 4.67. The van der Waals surface area contributed by atoms with Crippen molar-refractivity contribution in [1.29, 1.82) is 0 Å². The van der Waals surface area contributed by atoms with Gasteiger partial charge in [-0.05, 0) is 46.7 Å². The average Bonchev–Trinajstić information content (AvgIpc) is 2.62. The van der Waals surface area contributed by atoms with Crippen LogP contribution in [-0.4, -0.2) is 10.2 Å². The second-order valence-electron chi connectivity index (χ2n) is 6.66. The molecular weight excluding hydrogens is 323 g/mol. The molecule has 0 aliphatic rings. The van der Waals surface area contributed by atoms with Crippen LogP contribution in [0.3, 0.4) is 0 Å². The molecule has 0 aliphatic carbocycles. The Bertz CT molecular complexity index is 866. The molecule has 0 saturated heterocycles. The highest BCUT2D eigenvalue weighted by atomic mass is 28.1. The van der Waals surface area contributed by atoms with E-state index in [9.17, 15) is 4.39 Å². The summed E-state index contributed by atoms with van der Waals surface area (Å²) in [6.07, 6.45) is 3.16. The summed E-state index contributed by atoms with van der Waals surface area (Å²) in [5, 5.41) is 1.38. The molecule has 0 fully saturated rings. The molecule has 0 saturated carbocycles. The fourth-order valence-electron chi connectivity index (χ4n) is 3.35. The van der Waals surface area contributed by atoms with E-state index in [2.05, 4.69) is 44.2 Å². The zero-order valence-electron chi connectivity index (χ0n) is 15.3. The molecule has 0 heterocycles. The van der Waals surface area contributed by atoms with Crippen LogP contribution in [-0.2, 0) is 12.8 Å². The van der Waals surface area contributed by atoms with E-state index in [1.54, 1.807) is 6.07 Å².